The number of fused-ring (bicyclic) bond motifs is 16. The van der Waals surface area contributed by atoms with Crippen LogP contribution in [0.15, 0.2) is 194 Å². The van der Waals surface area contributed by atoms with Crippen LogP contribution < -0.4 is 0 Å². The number of nitrogens with zero attached hydrogens (tertiary/aromatic N) is 4. The van der Waals surface area contributed by atoms with Gasteiger partial charge in [0.25, 0.3) is 0 Å². The highest BCUT2D eigenvalue weighted by Crippen LogP contribution is 2.56. The molecule has 74 heavy (non-hydrogen) atoms. The molecule has 0 amide bonds. The van der Waals surface area contributed by atoms with Crippen molar-refractivity contribution >= 4 is 55.8 Å². The van der Waals surface area contributed by atoms with E-state index in [1.54, 1.807) is 0 Å². The van der Waals surface area contributed by atoms with Gasteiger partial charge in [0.05, 0.1) is 33.4 Å². The Labute approximate surface area is 431 Å². The summed E-state index contributed by atoms with van der Waals surface area (Å²) in [5.41, 5.74) is 28.4. The van der Waals surface area contributed by atoms with Gasteiger partial charge in [0.2, 0.25) is 0 Å². The van der Waals surface area contributed by atoms with Gasteiger partial charge in [-0.05, 0) is 132 Å². The standard InChI is InChI=1S/C70H54N4/c1-69(2)55-41-61-53(39-63(55)73-57-31-19-17-29-49(57)65(67(69)73)43-21-9-5-10-22-43)51-37-45(33-35-59(51)71(61)47-25-13-7-14-26-47)46-34-36-60-52(38-46)54-40-64-56(42-62(54)72(60)48-27-15-8-16-28-48)70(3,4)68-66(44-23-11-6-12-24-44)50-30-18-20-32-58(50)74(64)68/h5-18,21-30,33-42H,19-20,31-32H2,1-4H3. The molecule has 12 aromatic rings. The molecule has 8 aromatic carbocycles. The molecule has 4 nitrogen and oxygen atoms in total. The first-order chi connectivity index (χ1) is 36.3. The monoisotopic (exact) mass is 950 g/mol. The first-order valence-corrected chi connectivity index (χ1v) is 26.6. The maximum Gasteiger partial charge on any atom is 0.0545 e. The van der Waals surface area contributed by atoms with Gasteiger partial charge in [-0.25, -0.2) is 0 Å². The summed E-state index contributed by atoms with van der Waals surface area (Å²) in [5.74, 6) is 0. The van der Waals surface area contributed by atoms with Gasteiger partial charge in [-0.15, -0.1) is 0 Å². The predicted octanol–water partition coefficient (Wildman–Crippen LogP) is 17.7. The number of rotatable bonds is 5. The molecule has 2 aliphatic carbocycles. The van der Waals surface area contributed by atoms with E-state index in [2.05, 4.69) is 252 Å². The Kier molecular flexibility index (Phi) is 8.50. The highest BCUT2D eigenvalue weighted by atomic mass is 15.1. The summed E-state index contributed by atoms with van der Waals surface area (Å²) in [5, 5.41) is 5.08. The maximum absolute atomic E-state index is 2.66. The molecular weight excluding hydrogens is 897 g/mol. The van der Waals surface area contributed by atoms with Crippen LogP contribution in [0, 0.1) is 0 Å². The largest absolute Gasteiger partial charge is 0.315 e. The number of para-hydroxylation sites is 2. The van der Waals surface area contributed by atoms with Crippen molar-refractivity contribution < 1.29 is 0 Å². The third-order valence-corrected chi connectivity index (χ3v) is 17.6. The molecule has 0 saturated carbocycles. The van der Waals surface area contributed by atoms with Crippen molar-refractivity contribution in [2.24, 2.45) is 0 Å². The molecule has 0 unspecified atom stereocenters. The van der Waals surface area contributed by atoms with E-state index in [0.29, 0.717) is 0 Å². The minimum Gasteiger partial charge on any atom is -0.315 e. The van der Waals surface area contributed by atoms with Crippen LogP contribution in [-0.4, -0.2) is 18.3 Å². The Morgan fingerprint density at radius 2 is 0.730 bits per heavy atom. The van der Waals surface area contributed by atoms with Crippen molar-refractivity contribution in [1.29, 1.82) is 0 Å². The number of aromatic nitrogens is 4. The van der Waals surface area contributed by atoms with E-state index in [1.807, 2.05) is 0 Å². The number of hydrogen-bond acceptors (Lipinski definition) is 0. The molecule has 0 N–H and O–H groups in total. The van der Waals surface area contributed by atoms with Gasteiger partial charge in [0.1, 0.15) is 0 Å². The molecule has 2 aliphatic heterocycles. The molecule has 4 aromatic heterocycles. The Morgan fingerprint density at radius 3 is 1.14 bits per heavy atom. The van der Waals surface area contributed by atoms with Crippen LogP contribution in [0.1, 0.15) is 85.6 Å². The van der Waals surface area contributed by atoms with E-state index >= 15 is 0 Å². The van der Waals surface area contributed by atoms with Crippen molar-refractivity contribution in [3.8, 4) is 56.1 Å². The molecule has 0 spiro atoms. The summed E-state index contributed by atoms with van der Waals surface area (Å²) in [6, 6.07) is 68.6. The Morgan fingerprint density at radius 1 is 0.351 bits per heavy atom. The summed E-state index contributed by atoms with van der Waals surface area (Å²) in [7, 11) is 0. The molecule has 6 heterocycles. The van der Waals surface area contributed by atoms with Crippen molar-refractivity contribution in [2.45, 2.75) is 64.2 Å². The van der Waals surface area contributed by atoms with E-state index < -0.39 is 0 Å². The second-order valence-corrected chi connectivity index (χ2v) is 22.3. The first-order valence-electron chi connectivity index (χ1n) is 26.6. The predicted molar refractivity (Wildman–Crippen MR) is 309 cm³/mol. The molecule has 0 saturated heterocycles. The second-order valence-electron chi connectivity index (χ2n) is 22.3. The molecule has 16 rings (SSSR count). The van der Waals surface area contributed by atoms with Crippen LogP contribution in [0.3, 0.4) is 0 Å². The van der Waals surface area contributed by atoms with E-state index in [9.17, 15) is 0 Å². The zero-order valence-corrected chi connectivity index (χ0v) is 42.2. The van der Waals surface area contributed by atoms with Crippen molar-refractivity contribution in [3.05, 3.63) is 239 Å². The zero-order valence-electron chi connectivity index (χ0n) is 42.2. The van der Waals surface area contributed by atoms with Gasteiger partial charge in [0, 0.05) is 88.8 Å². The average Bonchev–Trinajstić information content (AvgIpc) is 4.27. The summed E-state index contributed by atoms with van der Waals surface area (Å²) < 4.78 is 10.3. The van der Waals surface area contributed by atoms with E-state index in [1.165, 1.54) is 145 Å². The third kappa shape index (κ3) is 5.52. The van der Waals surface area contributed by atoms with Gasteiger partial charge >= 0.3 is 0 Å². The average molecular weight is 951 g/mol. The summed E-state index contributed by atoms with van der Waals surface area (Å²) in [4.78, 5) is 0. The smallest absolute Gasteiger partial charge is 0.0545 e. The normalized spacial score (nSPS) is 15.5. The second kappa shape index (κ2) is 15.0. The molecule has 4 aliphatic rings. The molecular formula is C70H54N4. The van der Waals surface area contributed by atoms with E-state index in [0.717, 1.165) is 25.7 Å². The van der Waals surface area contributed by atoms with Crippen LogP contribution in [0.5, 0.6) is 0 Å². The van der Waals surface area contributed by atoms with Gasteiger partial charge < -0.3 is 18.3 Å². The van der Waals surface area contributed by atoms with Crippen molar-refractivity contribution in [1.82, 2.24) is 18.3 Å². The summed E-state index contributed by atoms with van der Waals surface area (Å²) in [6.07, 6.45) is 13.7. The first kappa shape index (κ1) is 42.0. The van der Waals surface area contributed by atoms with Crippen LogP contribution in [0.25, 0.3) is 112 Å². The van der Waals surface area contributed by atoms with Crippen LogP contribution >= 0.6 is 0 Å². The lowest BCUT2D eigenvalue weighted by molar-refractivity contribution is 0.642. The molecule has 0 fully saturated rings. The fourth-order valence-electron chi connectivity index (χ4n) is 14.3. The summed E-state index contributed by atoms with van der Waals surface area (Å²) in [6.45, 7) is 9.76. The zero-order chi connectivity index (χ0) is 49.2. The van der Waals surface area contributed by atoms with Crippen LogP contribution in [-0.2, 0) is 23.7 Å². The lowest BCUT2D eigenvalue weighted by Gasteiger charge is -2.22. The molecule has 0 atom stereocenters. The number of hydrogen-bond donors (Lipinski definition) is 0. The molecule has 354 valence electrons. The molecule has 4 heteroatoms. The van der Waals surface area contributed by atoms with E-state index in [-0.39, 0.29) is 10.8 Å². The van der Waals surface area contributed by atoms with Gasteiger partial charge in [-0.1, -0.05) is 161 Å². The highest BCUT2D eigenvalue weighted by molar-refractivity contribution is 6.14. The third-order valence-electron chi connectivity index (χ3n) is 17.6. The van der Waals surface area contributed by atoms with Crippen LogP contribution in [0.4, 0.5) is 0 Å². The maximum atomic E-state index is 2.66. The van der Waals surface area contributed by atoms with Gasteiger partial charge in [-0.3, -0.25) is 0 Å². The van der Waals surface area contributed by atoms with Crippen molar-refractivity contribution in [3.63, 3.8) is 0 Å². The summed E-state index contributed by atoms with van der Waals surface area (Å²) >= 11 is 0. The SMILES string of the molecule is CC1(C)c2cc3c(cc2-n2c4c(c(-c5ccccc5)c21)C=CCC4)c1cc(-c2ccc4c(c2)c2cc5c(cc2n4-c2ccccc2)C(C)(C)c2c(-c4ccccc4)c4c(n2-5)CCC=C4)ccc1n3-c1ccccc1. The highest BCUT2D eigenvalue weighted by Gasteiger charge is 2.44. The minimum atomic E-state index is -0.225. The van der Waals surface area contributed by atoms with Crippen LogP contribution in [0.2, 0.25) is 0 Å². The Balaban J connectivity index is 0.929. The lowest BCUT2D eigenvalue weighted by atomic mass is 9.79. The van der Waals surface area contributed by atoms with Gasteiger partial charge in [-0.2, -0.15) is 0 Å². The Hall–Kier alpha value is -8.60. The van der Waals surface area contributed by atoms with E-state index in [4.69, 9.17) is 0 Å². The Bertz CT molecular complexity index is 4140. The topological polar surface area (TPSA) is 19.7 Å². The van der Waals surface area contributed by atoms with Gasteiger partial charge in [0.15, 0.2) is 0 Å². The lowest BCUT2D eigenvalue weighted by Crippen LogP contribution is -2.16. The number of allylic oxidation sites excluding steroid dienone is 2. The molecule has 0 bridgehead atoms. The quantitative estimate of drug-likeness (QED) is 0.164. The number of benzene rings is 8. The fourth-order valence-corrected chi connectivity index (χ4v) is 14.3. The van der Waals surface area contributed by atoms with Crippen molar-refractivity contribution in [2.75, 3.05) is 0 Å². The fraction of sp³-hybridized carbons (Fsp3) is 0.143. The minimum absolute atomic E-state index is 0.225. The molecule has 0 radical (unpaired) electrons.